The van der Waals surface area contributed by atoms with Crippen LogP contribution >= 0.6 is 0 Å². The first kappa shape index (κ1) is 14.2. The molecule has 0 aromatic heterocycles. The Morgan fingerprint density at radius 2 is 2.04 bits per heavy atom. The summed E-state index contributed by atoms with van der Waals surface area (Å²) in [5.74, 6) is 0.645. The molecule has 4 heteroatoms. The minimum Gasteiger partial charge on any atom is -0.489 e. The second-order valence-corrected chi connectivity index (χ2v) is 6.06. The predicted molar refractivity (Wildman–Crippen MR) is 89.7 cm³/mol. The Labute approximate surface area is 135 Å². The van der Waals surface area contributed by atoms with Gasteiger partial charge < -0.3 is 4.74 Å². The van der Waals surface area contributed by atoms with Crippen LogP contribution in [0.15, 0.2) is 53.6 Å². The van der Waals surface area contributed by atoms with Crippen LogP contribution in [0.25, 0.3) is 0 Å². The molecule has 3 nitrogen and oxygen atoms in total. The third-order valence-corrected chi connectivity index (χ3v) is 4.54. The van der Waals surface area contributed by atoms with E-state index in [-0.39, 0.29) is 17.8 Å². The molecule has 0 bridgehead atoms. The third kappa shape index (κ3) is 2.38. The van der Waals surface area contributed by atoms with E-state index in [9.17, 15) is 4.39 Å². The Balaban J connectivity index is 1.78. The van der Waals surface area contributed by atoms with Crippen molar-refractivity contribution in [1.29, 1.82) is 0 Å². The summed E-state index contributed by atoms with van der Waals surface area (Å²) in [6, 6.07) is 15.1. The number of halogens is 1. The SMILES string of the molecule is CCCC1=NN2c3cc(F)ccc3OC[C@H]2C1c1ccccc1. The van der Waals surface area contributed by atoms with Crippen molar-refractivity contribution in [3.05, 3.63) is 59.9 Å². The van der Waals surface area contributed by atoms with Crippen molar-refractivity contribution in [2.24, 2.45) is 5.10 Å². The quantitative estimate of drug-likeness (QED) is 0.842. The van der Waals surface area contributed by atoms with Crippen LogP contribution in [0, 0.1) is 5.82 Å². The molecule has 2 atom stereocenters. The van der Waals surface area contributed by atoms with Crippen molar-refractivity contribution in [2.75, 3.05) is 11.6 Å². The van der Waals surface area contributed by atoms with E-state index in [4.69, 9.17) is 9.84 Å². The van der Waals surface area contributed by atoms with Crippen molar-refractivity contribution >= 4 is 11.4 Å². The number of nitrogens with zero attached hydrogens (tertiary/aromatic N) is 2. The zero-order chi connectivity index (χ0) is 15.8. The number of anilines is 1. The third-order valence-electron chi connectivity index (χ3n) is 4.54. The van der Waals surface area contributed by atoms with Crippen LogP contribution in [0.2, 0.25) is 0 Å². The molecule has 0 N–H and O–H groups in total. The molecular weight excluding hydrogens is 291 g/mol. The zero-order valence-corrected chi connectivity index (χ0v) is 13.1. The van der Waals surface area contributed by atoms with Gasteiger partial charge in [0.05, 0.1) is 6.04 Å². The van der Waals surface area contributed by atoms with Gasteiger partial charge in [-0.25, -0.2) is 4.39 Å². The Kier molecular flexibility index (Phi) is 3.52. The van der Waals surface area contributed by atoms with Gasteiger partial charge in [-0.15, -0.1) is 0 Å². The van der Waals surface area contributed by atoms with Gasteiger partial charge in [0.15, 0.2) is 0 Å². The lowest BCUT2D eigenvalue weighted by molar-refractivity contribution is 0.262. The summed E-state index contributed by atoms with van der Waals surface area (Å²) in [6.45, 7) is 2.72. The molecule has 0 saturated heterocycles. The molecule has 2 aromatic rings. The summed E-state index contributed by atoms with van der Waals surface area (Å²) in [5.41, 5.74) is 3.13. The van der Waals surface area contributed by atoms with Crippen LogP contribution < -0.4 is 9.75 Å². The Hall–Kier alpha value is -2.36. The molecule has 2 aliphatic heterocycles. The summed E-state index contributed by atoms with van der Waals surface area (Å²) in [5, 5.41) is 6.81. The highest BCUT2D eigenvalue weighted by molar-refractivity contribution is 5.95. The molecule has 23 heavy (non-hydrogen) atoms. The topological polar surface area (TPSA) is 24.8 Å². The van der Waals surface area contributed by atoms with Crippen LogP contribution in [0.5, 0.6) is 5.75 Å². The average Bonchev–Trinajstić information content (AvgIpc) is 2.94. The Morgan fingerprint density at radius 3 is 2.83 bits per heavy atom. The first-order chi connectivity index (χ1) is 11.3. The van der Waals surface area contributed by atoms with E-state index in [1.165, 1.54) is 17.7 Å². The average molecular weight is 310 g/mol. The lowest BCUT2D eigenvalue weighted by Crippen LogP contribution is -2.40. The highest BCUT2D eigenvalue weighted by Gasteiger charge is 2.42. The molecule has 2 aromatic carbocycles. The van der Waals surface area contributed by atoms with Gasteiger partial charge in [-0.3, -0.25) is 5.01 Å². The van der Waals surface area contributed by atoms with Gasteiger partial charge in [-0.2, -0.15) is 5.10 Å². The fourth-order valence-corrected chi connectivity index (χ4v) is 3.54. The Bertz CT molecular complexity index is 744. The van der Waals surface area contributed by atoms with E-state index in [0.717, 1.165) is 24.2 Å². The minimum atomic E-state index is -0.261. The summed E-state index contributed by atoms with van der Waals surface area (Å²) in [6.07, 6.45) is 1.98. The summed E-state index contributed by atoms with van der Waals surface area (Å²) in [4.78, 5) is 0. The number of hydrogen-bond acceptors (Lipinski definition) is 3. The smallest absolute Gasteiger partial charge is 0.144 e. The number of ether oxygens (including phenoxy) is 1. The lowest BCUT2D eigenvalue weighted by atomic mass is 9.86. The van der Waals surface area contributed by atoms with Gasteiger partial charge in [-0.05, 0) is 24.1 Å². The molecule has 118 valence electrons. The molecule has 0 amide bonds. The van der Waals surface area contributed by atoms with Crippen molar-refractivity contribution in [2.45, 2.75) is 31.7 Å². The van der Waals surface area contributed by atoms with Crippen molar-refractivity contribution in [3.63, 3.8) is 0 Å². The first-order valence-corrected chi connectivity index (χ1v) is 8.12. The maximum atomic E-state index is 13.7. The molecule has 4 rings (SSSR count). The Morgan fingerprint density at radius 1 is 1.22 bits per heavy atom. The minimum absolute atomic E-state index is 0.0910. The maximum absolute atomic E-state index is 13.7. The van der Waals surface area contributed by atoms with Gasteiger partial charge in [0.2, 0.25) is 0 Å². The predicted octanol–water partition coefficient (Wildman–Crippen LogP) is 4.35. The second-order valence-electron chi connectivity index (χ2n) is 6.06. The molecular formula is C19H19FN2O. The second kappa shape index (κ2) is 5.69. The van der Waals surface area contributed by atoms with Gasteiger partial charge in [-0.1, -0.05) is 43.7 Å². The lowest BCUT2D eigenvalue weighted by Gasteiger charge is -2.33. The normalized spacial score (nSPS) is 22.2. The van der Waals surface area contributed by atoms with Crippen LogP contribution in [-0.4, -0.2) is 18.4 Å². The van der Waals surface area contributed by atoms with E-state index >= 15 is 0 Å². The fourth-order valence-electron chi connectivity index (χ4n) is 3.54. The number of fused-ring (bicyclic) bond motifs is 3. The molecule has 2 aliphatic rings. The van der Waals surface area contributed by atoms with E-state index in [2.05, 4.69) is 31.2 Å². The van der Waals surface area contributed by atoms with E-state index in [0.29, 0.717) is 12.4 Å². The van der Waals surface area contributed by atoms with Crippen LogP contribution in [0.4, 0.5) is 10.1 Å². The van der Waals surface area contributed by atoms with Crippen LogP contribution in [0.3, 0.4) is 0 Å². The van der Waals surface area contributed by atoms with Crippen molar-refractivity contribution < 1.29 is 9.13 Å². The van der Waals surface area contributed by atoms with Crippen molar-refractivity contribution in [3.8, 4) is 5.75 Å². The van der Waals surface area contributed by atoms with Gasteiger partial charge in [0.1, 0.15) is 23.9 Å². The molecule has 2 heterocycles. The van der Waals surface area contributed by atoms with Gasteiger partial charge in [0.25, 0.3) is 0 Å². The molecule has 0 radical (unpaired) electrons. The summed E-state index contributed by atoms with van der Waals surface area (Å²) < 4.78 is 19.6. The number of hydrogen-bond donors (Lipinski definition) is 0. The largest absolute Gasteiger partial charge is 0.489 e. The van der Waals surface area contributed by atoms with Crippen LogP contribution in [-0.2, 0) is 0 Å². The first-order valence-electron chi connectivity index (χ1n) is 8.12. The summed E-state index contributed by atoms with van der Waals surface area (Å²) in [7, 11) is 0. The monoisotopic (exact) mass is 310 g/mol. The van der Waals surface area contributed by atoms with E-state index in [1.807, 2.05) is 11.1 Å². The number of rotatable bonds is 3. The number of hydrazone groups is 1. The molecule has 0 spiro atoms. The van der Waals surface area contributed by atoms with E-state index in [1.54, 1.807) is 6.07 Å². The highest BCUT2D eigenvalue weighted by atomic mass is 19.1. The highest BCUT2D eigenvalue weighted by Crippen LogP contribution is 2.43. The summed E-state index contributed by atoms with van der Waals surface area (Å²) >= 11 is 0. The molecule has 0 aliphatic carbocycles. The van der Waals surface area contributed by atoms with Gasteiger partial charge in [0, 0.05) is 17.7 Å². The van der Waals surface area contributed by atoms with Crippen LogP contribution in [0.1, 0.15) is 31.2 Å². The molecule has 0 fully saturated rings. The standard InChI is InChI=1S/C19H19FN2O/c1-2-6-15-19(13-7-4-3-5-8-13)17-12-23-18-10-9-14(20)11-16(18)22(17)21-15/h3-5,7-11,17,19H,2,6,12H2,1H3/t17-,19?/m0/s1. The number of benzene rings is 2. The van der Waals surface area contributed by atoms with Crippen molar-refractivity contribution in [1.82, 2.24) is 0 Å². The fraction of sp³-hybridized carbons (Fsp3) is 0.316. The maximum Gasteiger partial charge on any atom is 0.144 e. The van der Waals surface area contributed by atoms with Gasteiger partial charge >= 0.3 is 0 Å². The molecule has 0 saturated carbocycles. The zero-order valence-electron chi connectivity index (χ0n) is 13.1. The van der Waals surface area contributed by atoms with E-state index < -0.39 is 0 Å². The molecule has 1 unspecified atom stereocenters.